The Kier molecular flexibility index (Phi) is 3.45. The molecule has 1 aromatic carbocycles. The van der Waals surface area contributed by atoms with Crippen molar-refractivity contribution in [1.82, 2.24) is 0 Å². The van der Waals surface area contributed by atoms with Crippen LogP contribution in [0.25, 0.3) is 0 Å². The second-order valence-corrected chi connectivity index (χ2v) is 3.84. The third kappa shape index (κ3) is 2.69. The molecule has 0 fully saturated rings. The highest BCUT2D eigenvalue weighted by Gasteiger charge is 2.08. The number of hydrogen-bond donors (Lipinski definition) is 2. The number of anilines is 1. The lowest BCUT2D eigenvalue weighted by Crippen LogP contribution is -2.07. The first-order chi connectivity index (χ1) is 6.50. The molecule has 0 aromatic heterocycles. The summed E-state index contributed by atoms with van der Waals surface area (Å²) in [6.45, 7) is 1.40. The van der Waals surface area contributed by atoms with Crippen molar-refractivity contribution in [1.29, 1.82) is 0 Å². The summed E-state index contributed by atoms with van der Waals surface area (Å²) in [6, 6.07) is 4.65. The Labute approximate surface area is 94.5 Å². The first-order valence-corrected chi connectivity index (χ1v) is 4.89. The summed E-state index contributed by atoms with van der Waals surface area (Å²) in [6.07, 6.45) is 0. The molecule has 4 nitrogen and oxygen atoms in total. The van der Waals surface area contributed by atoms with Crippen molar-refractivity contribution in [2.24, 2.45) is 0 Å². The third-order valence-electron chi connectivity index (χ3n) is 1.52. The molecule has 2 N–H and O–H groups in total. The molecule has 0 saturated heterocycles. The molecule has 0 heterocycles. The van der Waals surface area contributed by atoms with Crippen LogP contribution in [0.1, 0.15) is 17.3 Å². The van der Waals surface area contributed by atoms with E-state index < -0.39 is 5.97 Å². The SMILES string of the molecule is CC(=O)Nc1ccc(C(=O)O)c(I)c1. The second kappa shape index (κ2) is 4.41. The largest absolute Gasteiger partial charge is 0.478 e. The van der Waals surface area contributed by atoms with E-state index in [1.165, 1.54) is 13.0 Å². The van der Waals surface area contributed by atoms with Crippen molar-refractivity contribution in [3.63, 3.8) is 0 Å². The van der Waals surface area contributed by atoms with Crippen molar-refractivity contribution >= 4 is 40.2 Å². The van der Waals surface area contributed by atoms with Gasteiger partial charge in [0.1, 0.15) is 0 Å². The maximum Gasteiger partial charge on any atom is 0.336 e. The third-order valence-corrected chi connectivity index (χ3v) is 2.41. The van der Waals surface area contributed by atoms with Gasteiger partial charge in [-0.3, -0.25) is 4.79 Å². The van der Waals surface area contributed by atoms with Crippen LogP contribution in [0.15, 0.2) is 18.2 Å². The van der Waals surface area contributed by atoms with Crippen molar-refractivity contribution in [2.75, 3.05) is 5.32 Å². The van der Waals surface area contributed by atoms with Crippen molar-refractivity contribution in [3.05, 3.63) is 27.3 Å². The van der Waals surface area contributed by atoms with E-state index in [1.807, 2.05) is 22.6 Å². The molecule has 1 amide bonds. The zero-order valence-electron chi connectivity index (χ0n) is 7.37. The number of carbonyl (C=O) groups excluding carboxylic acids is 1. The summed E-state index contributed by atoms with van der Waals surface area (Å²) >= 11 is 1.92. The fraction of sp³-hybridized carbons (Fsp3) is 0.111. The lowest BCUT2D eigenvalue weighted by atomic mass is 10.2. The Bertz CT molecular complexity index is 390. The van der Waals surface area contributed by atoms with Crippen molar-refractivity contribution < 1.29 is 14.7 Å². The summed E-state index contributed by atoms with van der Waals surface area (Å²) < 4.78 is 0.598. The molecule has 1 aromatic rings. The van der Waals surface area contributed by atoms with E-state index in [2.05, 4.69) is 5.32 Å². The molecule has 0 unspecified atom stereocenters. The standard InChI is InChI=1S/C9H8INO3/c1-5(12)11-6-2-3-7(9(13)14)8(10)4-6/h2-4H,1H3,(H,11,12)(H,13,14). The Balaban J connectivity index is 3.00. The second-order valence-electron chi connectivity index (χ2n) is 2.68. The summed E-state index contributed by atoms with van der Waals surface area (Å²) in [4.78, 5) is 21.4. The number of amides is 1. The van der Waals surface area contributed by atoms with Gasteiger partial charge in [0.2, 0.25) is 5.91 Å². The maximum absolute atomic E-state index is 10.7. The smallest absolute Gasteiger partial charge is 0.336 e. The minimum Gasteiger partial charge on any atom is -0.478 e. The average molecular weight is 305 g/mol. The minimum atomic E-state index is -0.969. The van der Waals surface area contributed by atoms with Gasteiger partial charge in [-0.2, -0.15) is 0 Å². The lowest BCUT2D eigenvalue weighted by molar-refractivity contribution is -0.114. The molecule has 0 aliphatic heterocycles. The van der Waals surface area contributed by atoms with E-state index in [-0.39, 0.29) is 11.5 Å². The molecule has 1 rings (SSSR count). The van der Waals surface area contributed by atoms with Gasteiger partial charge in [0.25, 0.3) is 0 Å². The number of carbonyl (C=O) groups is 2. The summed E-state index contributed by atoms with van der Waals surface area (Å²) in [5.74, 6) is -1.15. The molecule has 0 radical (unpaired) electrons. The Hall–Kier alpha value is -1.11. The van der Waals surface area contributed by atoms with Gasteiger partial charge in [-0.15, -0.1) is 0 Å². The molecule has 14 heavy (non-hydrogen) atoms. The summed E-state index contributed by atoms with van der Waals surface area (Å²) in [7, 11) is 0. The number of carboxylic acid groups (broad SMARTS) is 1. The normalized spacial score (nSPS) is 9.57. The highest BCUT2D eigenvalue weighted by molar-refractivity contribution is 14.1. The molecule has 0 atom stereocenters. The van der Waals surface area contributed by atoms with Crippen LogP contribution >= 0.6 is 22.6 Å². The van der Waals surface area contributed by atoms with E-state index in [1.54, 1.807) is 12.1 Å². The monoisotopic (exact) mass is 305 g/mol. The fourth-order valence-corrected chi connectivity index (χ4v) is 1.72. The van der Waals surface area contributed by atoms with Gasteiger partial charge >= 0.3 is 5.97 Å². The predicted octanol–water partition coefficient (Wildman–Crippen LogP) is 1.95. The van der Waals surface area contributed by atoms with Gasteiger partial charge in [0.05, 0.1) is 5.56 Å². The van der Waals surface area contributed by atoms with E-state index >= 15 is 0 Å². The summed E-state index contributed by atoms with van der Waals surface area (Å²) in [5.41, 5.74) is 0.839. The number of benzene rings is 1. The molecule has 0 aliphatic rings. The van der Waals surface area contributed by atoms with Gasteiger partial charge in [-0.25, -0.2) is 4.79 Å². The molecule has 5 heteroatoms. The Morgan fingerprint density at radius 1 is 1.43 bits per heavy atom. The number of nitrogens with one attached hydrogen (secondary N) is 1. The number of carboxylic acids is 1. The van der Waals surface area contributed by atoms with Gasteiger partial charge < -0.3 is 10.4 Å². The van der Waals surface area contributed by atoms with Crippen LogP contribution in [-0.2, 0) is 4.79 Å². The van der Waals surface area contributed by atoms with Crippen LogP contribution < -0.4 is 5.32 Å². The minimum absolute atomic E-state index is 0.177. The zero-order valence-corrected chi connectivity index (χ0v) is 9.53. The summed E-state index contributed by atoms with van der Waals surface area (Å²) in [5, 5.41) is 11.3. The van der Waals surface area contributed by atoms with E-state index in [0.29, 0.717) is 9.26 Å². The predicted molar refractivity (Wildman–Crippen MR) is 60.4 cm³/mol. The topological polar surface area (TPSA) is 66.4 Å². The molecule has 74 valence electrons. The molecule has 0 spiro atoms. The highest BCUT2D eigenvalue weighted by Crippen LogP contribution is 2.17. The van der Waals surface area contributed by atoms with Crippen molar-refractivity contribution in [3.8, 4) is 0 Å². The zero-order chi connectivity index (χ0) is 10.7. The number of halogens is 1. The van der Waals surface area contributed by atoms with Crippen LogP contribution in [-0.4, -0.2) is 17.0 Å². The van der Waals surface area contributed by atoms with Gasteiger partial charge in [-0.05, 0) is 40.8 Å². The highest BCUT2D eigenvalue weighted by atomic mass is 127. The molecule has 0 bridgehead atoms. The quantitative estimate of drug-likeness (QED) is 0.821. The molecular formula is C9H8INO3. The van der Waals surface area contributed by atoms with Crippen LogP contribution in [0.3, 0.4) is 0 Å². The van der Waals surface area contributed by atoms with Gasteiger partial charge in [0, 0.05) is 16.2 Å². The number of rotatable bonds is 2. The van der Waals surface area contributed by atoms with Crippen LogP contribution in [0, 0.1) is 3.57 Å². The Morgan fingerprint density at radius 2 is 2.07 bits per heavy atom. The van der Waals surface area contributed by atoms with Gasteiger partial charge in [-0.1, -0.05) is 0 Å². The first kappa shape index (κ1) is 11.0. The maximum atomic E-state index is 10.7. The van der Waals surface area contributed by atoms with Crippen LogP contribution in [0.2, 0.25) is 0 Å². The van der Waals surface area contributed by atoms with E-state index in [9.17, 15) is 9.59 Å². The van der Waals surface area contributed by atoms with E-state index in [4.69, 9.17) is 5.11 Å². The molecular weight excluding hydrogens is 297 g/mol. The van der Waals surface area contributed by atoms with Crippen molar-refractivity contribution in [2.45, 2.75) is 6.92 Å². The van der Waals surface area contributed by atoms with Crippen LogP contribution in [0.4, 0.5) is 5.69 Å². The van der Waals surface area contributed by atoms with E-state index in [0.717, 1.165) is 0 Å². The first-order valence-electron chi connectivity index (χ1n) is 3.81. The number of hydrogen-bond acceptors (Lipinski definition) is 2. The number of aromatic carboxylic acids is 1. The Morgan fingerprint density at radius 3 is 2.50 bits per heavy atom. The average Bonchev–Trinajstić information content (AvgIpc) is 2.01. The molecule has 0 saturated carbocycles. The van der Waals surface area contributed by atoms with Crippen LogP contribution in [0.5, 0.6) is 0 Å². The lowest BCUT2D eigenvalue weighted by Gasteiger charge is -2.04. The van der Waals surface area contributed by atoms with Gasteiger partial charge in [0.15, 0.2) is 0 Å². The fourth-order valence-electron chi connectivity index (χ4n) is 0.970. The molecule has 0 aliphatic carbocycles.